The predicted molar refractivity (Wildman–Crippen MR) is 175 cm³/mol. The number of amides is 1. The van der Waals surface area contributed by atoms with E-state index in [0.717, 1.165) is 73.6 Å². The number of fused-ring (bicyclic) bond motifs is 4. The lowest BCUT2D eigenvalue weighted by atomic mass is 10.0. The van der Waals surface area contributed by atoms with Crippen LogP contribution in [-0.4, -0.2) is 67.4 Å². The summed E-state index contributed by atoms with van der Waals surface area (Å²) in [6, 6.07) is 13.7. The van der Waals surface area contributed by atoms with Crippen molar-refractivity contribution in [2.24, 2.45) is 17.6 Å². The Morgan fingerprint density at radius 3 is 2.51 bits per heavy atom. The van der Waals surface area contributed by atoms with Crippen LogP contribution in [0, 0.1) is 18.8 Å². The second-order valence-electron chi connectivity index (χ2n) is 13.3. The molecule has 2 aromatic carbocycles. The normalized spacial score (nSPS) is 24.1. The largest absolute Gasteiger partial charge is 0.496 e. The van der Waals surface area contributed by atoms with E-state index in [2.05, 4.69) is 46.7 Å². The summed E-state index contributed by atoms with van der Waals surface area (Å²) in [7, 11) is 3.55. The van der Waals surface area contributed by atoms with Crippen molar-refractivity contribution in [3.05, 3.63) is 47.5 Å². The van der Waals surface area contributed by atoms with Crippen LogP contribution >= 0.6 is 11.3 Å². The summed E-state index contributed by atoms with van der Waals surface area (Å²) in [5.41, 5.74) is 12.3. The number of carbonyl (C=O) groups excluding carboxylic acids is 1. The van der Waals surface area contributed by atoms with E-state index in [1.807, 2.05) is 18.1 Å². The number of thiophene rings is 1. The third-order valence-corrected chi connectivity index (χ3v) is 12.0. The van der Waals surface area contributed by atoms with Crippen molar-refractivity contribution in [3.8, 4) is 16.3 Å². The van der Waals surface area contributed by atoms with Gasteiger partial charge in [-0.1, -0.05) is 6.07 Å². The summed E-state index contributed by atoms with van der Waals surface area (Å²) < 4.78 is 15.2. The number of methoxy groups -OCH3 is 2. The maximum atomic E-state index is 13.8. The van der Waals surface area contributed by atoms with Crippen molar-refractivity contribution in [1.29, 1.82) is 0 Å². The molecule has 43 heavy (non-hydrogen) atoms. The first-order chi connectivity index (χ1) is 20.9. The van der Waals surface area contributed by atoms with Gasteiger partial charge in [0.1, 0.15) is 5.75 Å². The maximum Gasteiger partial charge on any atom is 0.254 e. The van der Waals surface area contributed by atoms with Crippen LogP contribution in [0.4, 0.5) is 5.69 Å². The molecule has 2 saturated heterocycles. The number of nitrogens with two attached hydrogens (primary N) is 1. The van der Waals surface area contributed by atoms with Gasteiger partial charge in [-0.05, 0) is 93.2 Å². The topological polar surface area (TPSA) is 73.0 Å². The number of hydrogen-bond donors (Lipinski definition) is 1. The standard InChI is InChI=1S/C35H42N4O3S/c1-20-32-30(42-3)15-24(35(40)39-19-23-7-9-27(39)33(23)36)16-31(32)43-34(20)29-14-22-6-8-25(37-12-10-26(41-2)11-13-37)17-28(22)38(29)18-21-4-5-21/h6,8,14-17,21,23,26-27,33H,4-5,7,9-13,18-19,36H2,1-3H3/t23?,27?,33-/m1/s1. The van der Waals surface area contributed by atoms with Crippen LogP contribution in [0.3, 0.4) is 0 Å². The molecule has 2 unspecified atom stereocenters. The van der Waals surface area contributed by atoms with Crippen LogP contribution in [0.1, 0.15) is 54.4 Å². The number of aromatic nitrogens is 1. The number of anilines is 1. The molecule has 0 spiro atoms. The molecule has 4 heterocycles. The summed E-state index contributed by atoms with van der Waals surface area (Å²) >= 11 is 1.79. The van der Waals surface area contributed by atoms with Crippen LogP contribution in [-0.2, 0) is 11.3 Å². The number of rotatable bonds is 7. The third kappa shape index (κ3) is 4.56. The van der Waals surface area contributed by atoms with E-state index in [1.54, 1.807) is 18.4 Å². The molecule has 2 aromatic heterocycles. The predicted octanol–water partition coefficient (Wildman–Crippen LogP) is 6.43. The lowest BCUT2D eigenvalue weighted by Crippen LogP contribution is -2.41. The molecule has 7 nitrogen and oxygen atoms in total. The minimum absolute atomic E-state index is 0.0837. The minimum atomic E-state index is 0.0837. The first-order valence-electron chi connectivity index (χ1n) is 16.0. The number of carbonyl (C=O) groups is 1. The van der Waals surface area contributed by atoms with Gasteiger partial charge in [0.05, 0.1) is 29.3 Å². The Bertz CT molecular complexity index is 1710. The summed E-state index contributed by atoms with van der Waals surface area (Å²) in [5.74, 6) is 2.04. The molecule has 0 radical (unpaired) electrons. The van der Waals surface area contributed by atoms with E-state index >= 15 is 0 Å². The maximum absolute atomic E-state index is 13.8. The molecular formula is C35H42N4O3S. The van der Waals surface area contributed by atoms with Gasteiger partial charge >= 0.3 is 0 Å². The average Bonchev–Trinajstić information content (AvgIpc) is 3.44. The van der Waals surface area contributed by atoms with E-state index < -0.39 is 0 Å². The van der Waals surface area contributed by atoms with Crippen molar-refractivity contribution in [1.82, 2.24) is 9.47 Å². The molecule has 4 aromatic rings. The fourth-order valence-electron chi connectivity index (χ4n) is 8.05. The fourth-order valence-corrected chi connectivity index (χ4v) is 9.34. The molecule has 226 valence electrons. The van der Waals surface area contributed by atoms with Gasteiger partial charge in [0.25, 0.3) is 5.91 Å². The molecule has 1 amide bonds. The van der Waals surface area contributed by atoms with Crippen molar-refractivity contribution < 1.29 is 14.3 Å². The summed E-state index contributed by atoms with van der Waals surface area (Å²) in [5, 5.41) is 2.40. The minimum Gasteiger partial charge on any atom is -0.496 e. The molecular weight excluding hydrogens is 556 g/mol. The number of likely N-dealkylation sites (tertiary alicyclic amines) is 1. The molecule has 2 N–H and O–H groups in total. The molecule has 2 aliphatic carbocycles. The number of ether oxygens (including phenoxy) is 2. The second kappa shape index (κ2) is 10.5. The van der Waals surface area contributed by atoms with Gasteiger partial charge < -0.3 is 29.6 Å². The first-order valence-corrected chi connectivity index (χ1v) is 16.8. The van der Waals surface area contributed by atoms with Crippen molar-refractivity contribution >= 4 is 43.9 Å². The van der Waals surface area contributed by atoms with E-state index in [0.29, 0.717) is 17.6 Å². The zero-order valence-corrected chi connectivity index (χ0v) is 26.3. The highest BCUT2D eigenvalue weighted by molar-refractivity contribution is 7.22. The van der Waals surface area contributed by atoms with E-state index in [9.17, 15) is 4.79 Å². The van der Waals surface area contributed by atoms with Gasteiger partial charge in [0.15, 0.2) is 0 Å². The van der Waals surface area contributed by atoms with Crippen LogP contribution < -0.4 is 15.4 Å². The monoisotopic (exact) mass is 598 g/mol. The van der Waals surface area contributed by atoms with Gasteiger partial charge in [-0.3, -0.25) is 4.79 Å². The molecule has 4 fully saturated rings. The quantitative estimate of drug-likeness (QED) is 0.266. The summed E-state index contributed by atoms with van der Waals surface area (Å²) in [6.07, 6.45) is 7.26. The van der Waals surface area contributed by atoms with Crippen LogP contribution in [0.2, 0.25) is 0 Å². The number of hydrogen-bond acceptors (Lipinski definition) is 6. The Morgan fingerprint density at radius 1 is 1.02 bits per heavy atom. The van der Waals surface area contributed by atoms with E-state index in [1.165, 1.54) is 45.6 Å². The SMILES string of the molecule is COc1cc(C(=O)N2CC3CCC2[C@@H]3N)cc2sc(-c3cc4ccc(N5CCC(OC)CC5)cc4n3CC3CC3)c(C)c12. The summed E-state index contributed by atoms with van der Waals surface area (Å²) in [6.45, 7) is 6.08. The van der Waals surface area contributed by atoms with Crippen molar-refractivity contribution in [2.45, 2.75) is 70.2 Å². The van der Waals surface area contributed by atoms with Crippen molar-refractivity contribution in [3.63, 3.8) is 0 Å². The lowest BCUT2D eigenvalue weighted by molar-refractivity contribution is 0.0700. The molecule has 8 heteroatoms. The Balaban J connectivity index is 1.19. The van der Waals surface area contributed by atoms with Gasteiger partial charge in [-0.25, -0.2) is 0 Å². The van der Waals surface area contributed by atoms with Gasteiger partial charge in [-0.15, -0.1) is 11.3 Å². The first kappa shape index (κ1) is 27.5. The highest BCUT2D eigenvalue weighted by atomic mass is 32.1. The zero-order chi connectivity index (χ0) is 29.4. The van der Waals surface area contributed by atoms with Crippen LogP contribution in [0.5, 0.6) is 5.75 Å². The average molecular weight is 599 g/mol. The molecule has 2 bridgehead atoms. The van der Waals surface area contributed by atoms with E-state index in [4.69, 9.17) is 15.2 Å². The molecule has 8 rings (SSSR count). The molecule has 2 saturated carbocycles. The van der Waals surface area contributed by atoms with Gasteiger partial charge in [0, 0.05) is 72.1 Å². The number of piperidine rings is 2. The van der Waals surface area contributed by atoms with Crippen molar-refractivity contribution in [2.75, 3.05) is 38.8 Å². The Hall–Kier alpha value is -3.07. The highest BCUT2D eigenvalue weighted by Crippen LogP contribution is 2.46. The van der Waals surface area contributed by atoms with E-state index in [-0.39, 0.29) is 18.0 Å². The second-order valence-corrected chi connectivity index (χ2v) is 14.3. The fraction of sp³-hybridized carbons (Fsp3) is 0.514. The number of nitrogens with zero attached hydrogens (tertiary/aromatic N) is 3. The summed E-state index contributed by atoms with van der Waals surface area (Å²) in [4.78, 5) is 19.5. The van der Waals surface area contributed by atoms with Crippen LogP contribution in [0.15, 0.2) is 36.4 Å². The lowest BCUT2D eigenvalue weighted by Gasteiger charge is -2.33. The Labute approximate surface area is 257 Å². The molecule has 2 aliphatic heterocycles. The molecule has 4 aliphatic rings. The highest BCUT2D eigenvalue weighted by Gasteiger charge is 2.47. The van der Waals surface area contributed by atoms with Crippen LogP contribution in [0.25, 0.3) is 31.6 Å². The third-order valence-electron chi connectivity index (χ3n) is 10.8. The Morgan fingerprint density at radius 2 is 1.84 bits per heavy atom. The van der Waals surface area contributed by atoms with Gasteiger partial charge in [0.2, 0.25) is 0 Å². The molecule has 3 atom stereocenters. The zero-order valence-electron chi connectivity index (χ0n) is 25.5. The Kier molecular flexibility index (Phi) is 6.73. The number of aryl methyl sites for hydroxylation is 1. The smallest absolute Gasteiger partial charge is 0.254 e. The van der Waals surface area contributed by atoms with Gasteiger partial charge in [-0.2, -0.15) is 0 Å². The number of benzene rings is 2.